The Labute approximate surface area is 164 Å². The largest absolute Gasteiger partial charge is 0.507 e. The summed E-state index contributed by atoms with van der Waals surface area (Å²) in [7, 11) is 1.40. The van der Waals surface area contributed by atoms with Crippen LogP contribution in [-0.4, -0.2) is 40.9 Å². The van der Waals surface area contributed by atoms with Crippen LogP contribution in [0.2, 0.25) is 0 Å². The molecule has 2 amide bonds. The molecule has 0 radical (unpaired) electrons. The van der Waals surface area contributed by atoms with E-state index in [2.05, 4.69) is 10.6 Å². The first kappa shape index (κ1) is 21.4. The molecule has 0 fully saturated rings. The van der Waals surface area contributed by atoms with E-state index in [4.69, 9.17) is 0 Å². The monoisotopic (exact) mass is 408 g/mol. The summed E-state index contributed by atoms with van der Waals surface area (Å²) in [5.74, 6) is -2.82. The van der Waals surface area contributed by atoms with Crippen molar-refractivity contribution in [3.63, 3.8) is 0 Å². The number of aromatic hydroxyl groups is 1. The summed E-state index contributed by atoms with van der Waals surface area (Å²) in [4.78, 5) is 35.5. The van der Waals surface area contributed by atoms with E-state index in [1.165, 1.54) is 38.2 Å². The van der Waals surface area contributed by atoms with Gasteiger partial charge in [0, 0.05) is 31.4 Å². The second-order valence-corrected chi connectivity index (χ2v) is 6.81. The van der Waals surface area contributed by atoms with E-state index in [9.17, 15) is 28.3 Å². The first-order valence-electron chi connectivity index (χ1n) is 8.17. The number of rotatable bonds is 6. The van der Waals surface area contributed by atoms with E-state index in [0.717, 1.165) is 23.9 Å². The van der Waals surface area contributed by atoms with Crippen LogP contribution in [0.4, 0.5) is 8.78 Å². The van der Waals surface area contributed by atoms with E-state index in [1.807, 2.05) is 0 Å². The fourth-order valence-corrected chi connectivity index (χ4v) is 3.30. The summed E-state index contributed by atoms with van der Waals surface area (Å²) in [5, 5.41) is 14.2. The minimum Gasteiger partial charge on any atom is -0.507 e. The van der Waals surface area contributed by atoms with Gasteiger partial charge in [-0.3, -0.25) is 14.4 Å². The average molecular weight is 408 g/mol. The lowest BCUT2D eigenvalue weighted by atomic mass is 10.0. The number of benzene rings is 2. The van der Waals surface area contributed by atoms with Crippen LogP contribution in [0.25, 0.3) is 11.1 Å². The molecule has 28 heavy (non-hydrogen) atoms. The molecule has 0 aromatic heterocycles. The zero-order valence-electron chi connectivity index (χ0n) is 15.1. The van der Waals surface area contributed by atoms with Gasteiger partial charge < -0.3 is 15.7 Å². The number of thioether (sulfide) groups is 1. The van der Waals surface area contributed by atoms with Crippen molar-refractivity contribution >= 4 is 28.7 Å². The molecule has 9 heteroatoms. The molecule has 148 valence electrons. The number of likely N-dealkylation sites (N-methyl/N-ethyl adjacent to an activating group) is 1. The third-order valence-electron chi connectivity index (χ3n) is 3.78. The van der Waals surface area contributed by atoms with Gasteiger partial charge in [-0.15, -0.1) is 0 Å². The van der Waals surface area contributed by atoms with E-state index in [0.29, 0.717) is 0 Å². The smallest absolute Gasteiger partial charge is 0.243 e. The molecule has 1 unspecified atom stereocenters. The fraction of sp³-hybridized carbons (Fsp3) is 0.211. The number of carbonyl (C=O) groups is 3. The molecular weight excluding hydrogens is 390 g/mol. The van der Waals surface area contributed by atoms with Crippen LogP contribution in [0.5, 0.6) is 5.75 Å². The number of phenols is 1. The summed E-state index contributed by atoms with van der Waals surface area (Å²) in [6.07, 6.45) is 0. The zero-order chi connectivity index (χ0) is 20.8. The molecule has 3 N–H and O–H groups in total. The second-order valence-electron chi connectivity index (χ2n) is 5.82. The predicted molar refractivity (Wildman–Crippen MR) is 102 cm³/mol. The molecular formula is C19H18F2N2O4S. The Kier molecular flexibility index (Phi) is 7.11. The van der Waals surface area contributed by atoms with Crippen LogP contribution >= 0.6 is 11.8 Å². The normalized spacial score (nSPS) is 11.6. The molecule has 0 bridgehead atoms. The van der Waals surface area contributed by atoms with Gasteiger partial charge in [0.2, 0.25) is 16.9 Å². The highest BCUT2D eigenvalue weighted by Gasteiger charge is 2.22. The fourth-order valence-electron chi connectivity index (χ4n) is 2.43. The third kappa shape index (κ3) is 5.29. The van der Waals surface area contributed by atoms with Gasteiger partial charge in [0.25, 0.3) is 0 Å². The standard InChI is InChI=1S/C19H18F2N2O4S/c1-10(24)23-16(18(26)22-2)9-28-19(27)14-7-11(3-6-17(14)25)13-5-4-12(20)8-15(13)21/h3-8,16,25H,9H2,1-2H3,(H,22,26)(H,23,24). The number of amides is 2. The van der Waals surface area contributed by atoms with Gasteiger partial charge in [-0.25, -0.2) is 8.78 Å². The topological polar surface area (TPSA) is 95.5 Å². The Morgan fingerprint density at radius 2 is 1.86 bits per heavy atom. The minimum absolute atomic E-state index is 0.0628. The SMILES string of the molecule is CNC(=O)C(CSC(=O)c1cc(-c2ccc(F)cc2F)ccc1O)NC(C)=O. The highest BCUT2D eigenvalue weighted by Crippen LogP contribution is 2.30. The van der Waals surface area contributed by atoms with Crippen molar-refractivity contribution in [3.8, 4) is 16.9 Å². The van der Waals surface area contributed by atoms with Gasteiger partial charge in [0.05, 0.1) is 5.56 Å². The Morgan fingerprint density at radius 3 is 2.46 bits per heavy atom. The van der Waals surface area contributed by atoms with Gasteiger partial charge in [0.15, 0.2) is 0 Å². The number of phenolic OH excluding ortho intramolecular Hbond substituents is 1. The molecule has 2 aromatic carbocycles. The van der Waals surface area contributed by atoms with E-state index in [1.54, 1.807) is 0 Å². The van der Waals surface area contributed by atoms with Crippen LogP contribution < -0.4 is 10.6 Å². The van der Waals surface area contributed by atoms with Gasteiger partial charge in [0.1, 0.15) is 23.4 Å². The number of hydrogen-bond donors (Lipinski definition) is 3. The molecule has 0 aliphatic rings. The van der Waals surface area contributed by atoms with Gasteiger partial charge in [-0.05, 0) is 29.8 Å². The Hall–Kier alpha value is -2.94. The molecule has 0 heterocycles. The van der Waals surface area contributed by atoms with E-state index >= 15 is 0 Å². The first-order valence-corrected chi connectivity index (χ1v) is 9.15. The van der Waals surface area contributed by atoms with E-state index in [-0.39, 0.29) is 28.2 Å². The van der Waals surface area contributed by atoms with Crippen LogP contribution in [0.1, 0.15) is 17.3 Å². The maximum atomic E-state index is 14.0. The Balaban J connectivity index is 2.23. The van der Waals surface area contributed by atoms with Crippen LogP contribution in [0.15, 0.2) is 36.4 Å². The zero-order valence-corrected chi connectivity index (χ0v) is 15.9. The Bertz CT molecular complexity index is 921. The minimum atomic E-state index is -0.934. The second kappa shape index (κ2) is 9.32. The number of carbonyl (C=O) groups excluding carboxylic acids is 3. The molecule has 0 spiro atoms. The molecule has 0 saturated heterocycles. The van der Waals surface area contributed by atoms with Crippen molar-refractivity contribution in [2.75, 3.05) is 12.8 Å². The van der Waals surface area contributed by atoms with Crippen LogP contribution in [0, 0.1) is 11.6 Å². The lowest BCUT2D eigenvalue weighted by Gasteiger charge is -2.15. The van der Waals surface area contributed by atoms with Gasteiger partial charge in [-0.1, -0.05) is 17.8 Å². The van der Waals surface area contributed by atoms with Crippen molar-refractivity contribution in [2.24, 2.45) is 0 Å². The lowest BCUT2D eigenvalue weighted by molar-refractivity contribution is -0.127. The number of halogens is 2. The lowest BCUT2D eigenvalue weighted by Crippen LogP contribution is -2.46. The average Bonchev–Trinajstić information content (AvgIpc) is 2.64. The maximum Gasteiger partial charge on any atom is 0.243 e. The van der Waals surface area contributed by atoms with E-state index < -0.39 is 34.6 Å². The van der Waals surface area contributed by atoms with Crippen molar-refractivity contribution in [2.45, 2.75) is 13.0 Å². The van der Waals surface area contributed by atoms with Crippen molar-refractivity contribution in [1.29, 1.82) is 0 Å². The summed E-state index contributed by atoms with van der Waals surface area (Å²) >= 11 is 0.720. The number of hydrogen-bond acceptors (Lipinski definition) is 5. The van der Waals surface area contributed by atoms with Gasteiger partial charge >= 0.3 is 0 Å². The summed E-state index contributed by atoms with van der Waals surface area (Å²) in [5.41, 5.74) is 0.260. The molecule has 2 rings (SSSR count). The maximum absolute atomic E-state index is 14.0. The third-order valence-corrected chi connectivity index (χ3v) is 4.76. The summed E-state index contributed by atoms with van der Waals surface area (Å²) < 4.78 is 27.1. The molecule has 1 atom stereocenters. The van der Waals surface area contributed by atoms with Crippen molar-refractivity contribution < 1.29 is 28.3 Å². The molecule has 2 aromatic rings. The number of nitrogens with one attached hydrogen (secondary N) is 2. The molecule has 6 nitrogen and oxygen atoms in total. The highest BCUT2D eigenvalue weighted by atomic mass is 32.2. The quantitative estimate of drug-likeness (QED) is 0.683. The highest BCUT2D eigenvalue weighted by molar-refractivity contribution is 8.14. The van der Waals surface area contributed by atoms with Crippen molar-refractivity contribution in [3.05, 3.63) is 53.6 Å². The Morgan fingerprint density at radius 1 is 1.14 bits per heavy atom. The summed E-state index contributed by atoms with van der Waals surface area (Å²) in [6, 6.07) is 6.03. The molecule has 0 aliphatic carbocycles. The van der Waals surface area contributed by atoms with Crippen molar-refractivity contribution in [1.82, 2.24) is 10.6 Å². The summed E-state index contributed by atoms with van der Waals surface area (Å²) in [6.45, 7) is 1.25. The van der Waals surface area contributed by atoms with Gasteiger partial charge in [-0.2, -0.15) is 0 Å². The molecule has 0 aliphatic heterocycles. The van der Waals surface area contributed by atoms with Crippen LogP contribution in [-0.2, 0) is 9.59 Å². The molecule has 0 saturated carbocycles. The predicted octanol–water partition coefficient (Wildman–Crippen LogP) is 2.46. The first-order chi connectivity index (χ1) is 13.2. The van der Waals surface area contributed by atoms with Crippen LogP contribution in [0.3, 0.4) is 0 Å².